The molecule has 2 aromatic rings. The lowest BCUT2D eigenvalue weighted by Crippen LogP contribution is -2.01. The maximum absolute atomic E-state index is 13.1. The van der Waals surface area contributed by atoms with Crippen molar-refractivity contribution in [3.8, 4) is 0 Å². The average Bonchev–Trinajstić information content (AvgIpc) is 2.30. The molecule has 4 nitrogen and oxygen atoms in total. The van der Waals surface area contributed by atoms with Gasteiger partial charge in [-0.15, -0.1) is 0 Å². The van der Waals surface area contributed by atoms with E-state index in [1.807, 2.05) is 6.92 Å². The number of hydrogen-bond donors (Lipinski definition) is 2. The van der Waals surface area contributed by atoms with Crippen molar-refractivity contribution in [1.82, 2.24) is 9.97 Å². The molecule has 0 amide bonds. The highest BCUT2D eigenvalue weighted by atomic mass is 35.5. The summed E-state index contributed by atoms with van der Waals surface area (Å²) in [5.74, 6) is 0.197. The highest BCUT2D eigenvalue weighted by Gasteiger charge is 2.08. The summed E-state index contributed by atoms with van der Waals surface area (Å²) in [5, 5.41) is 3.14. The van der Waals surface area contributed by atoms with Crippen LogP contribution in [0.25, 0.3) is 0 Å². The van der Waals surface area contributed by atoms with Gasteiger partial charge < -0.3 is 11.1 Å². The quantitative estimate of drug-likeness (QED) is 0.863. The molecule has 0 spiro atoms. The van der Waals surface area contributed by atoms with Gasteiger partial charge in [0, 0.05) is 5.69 Å². The zero-order valence-corrected chi connectivity index (χ0v) is 9.79. The smallest absolute Gasteiger partial charge is 0.154 e. The summed E-state index contributed by atoms with van der Waals surface area (Å²) in [5.41, 5.74) is 7.01. The van der Waals surface area contributed by atoms with E-state index in [-0.39, 0.29) is 16.7 Å². The minimum absolute atomic E-state index is 0.179. The Morgan fingerprint density at radius 2 is 2.12 bits per heavy atom. The molecule has 88 valence electrons. The predicted molar refractivity (Wildman–Crippen MR) is 65.9 cm³/mol. The van der Waals surface area contributed by atoms with Crippen molar-refractivity contribution in [3.63, 3.8) is 0 Å². The third-order valence-electron chi connectivity index (χ3n) is 2.27. The number of aromatic nitrogens is 2. The molecule has 2 rings (SSSR count). The molecule has 0 aliphatic rings. The Hall–Kier alpha value is -1.88. The molecule has 1 aromatic carbocycles. The molecule has 1 aromatic heterocycles. The van der Waals surface area contributed by atoms with E-state index < -0.39 is 0 Å². The van der Waals surface area contributed by atoms with Crippen molar-refractivity contribution in [2.45, 2.75) is 6.92 Å². The van der Waals surface area contributed by atoms with Gasteiger partial charge in [0.1, 0.15) is 23.0 Å². The summed E-state index contributed by atoms with van der Waals surface area (Å²) in [6.07, 6.45) is 1.29. The second kappa shape index (κ2) is 4.55. The number of nitrogens with zero attached hydrogens (tertiary/aromatic N) is 2. The van der Waals surface area contributed by atoms with Crippen molar-refractivity contribution in [1.29, 1.82) is 0 Å². The van der Waals surface area contributed by atoms with E-state index in [0.717, 1.165) is 5.56 Å². The number of halogens is 2. The lowest BCUT2D eigenvalue weighted by molar-refractivity contribution is 0.628. The lowest BCUT2D eigenvalue weighted by Gasteiger charge is -2.10. The zero-order valence-electron chi connectivity index (χ0n) is 9.04. The molecule has 0 atom stereocenters. The van der Waals surface area contributed by atoms with E-state index in [9.17, 15) is 4.39 Å². The average molecular weight is 253 g/mol. The number of benzene rings is 1. The molecule has 0 aliphatic heterocycles. The number of anilines is 3. The van der Waals surface area contributed by atoms with Gasteiger partial charge in [-0.1, -0.05) is 17.7 Å². The summed E-state index contributed by atoms with van der Waals surface area (Å²) >= 11 is 5.93. The first kappa shape index (κ1) is 11.6. The highest BCUT2D eigenvalue weighted by molar-refractivity contribution is 6.35. The molecule has 0 fully saturated rings. The number of aryl methyl sites for hydroxylation is 1. The molecule has 0 aliphatic carbocycles. The molecular weight excluding hydrogens is 243 g/mol. The Labute approximate surface area is 103 Å². The van der Waals surface area contributed by atoms with E-state index in [1.165, 1.54) is 18.5 Å². The largest absolute Gasteiger partial charge is 0.382 e. The van der Waals surface area contributed by atoms with E-state index in [0.29, 0.717) is 11.5 Å². The third-order valence-corrected chi connectivity index (χ3v) is 2.64. The van der Waals surface area contributed by atoms with Crippen LogP contribution in [0.2, 0.25) is 5.02 Å². The molecule has 1 heterocycles. The van der Waals surface area contributed by atoms with Crippen molar-refractivity contribution in [2.75, 3.05) is 11.1 Å². The molecule has 6 heteroatoms. The van der Waals surface area contributed by atoms with Gasteiger partial charge in [0.05, 0.1) is 0 Å². The second-order valence-electron chi connectivity index (χ2n) is 3.51. The van der Waals surface area contributed by atoms with Crippen LogP contribution in [-0.4, -0.2) is 9.97 Å². The highest BCUT2D eigenvalue weighted by Crippen LogP contribution is 2.28. The van der Waals surface area contributed by atoms with Crippen LogP contribution in [0.3, 0.4) is 0 Å². The second-order valence-corrected chi connectivity index (χ2v) is 3.88. The fraction of sp³-hybridized carbons (Fsp3) is 0.0909. The first-order chi connectivity index (χ1) is 8.08. The standard InChI is InChI=1S/C11H10ClFN4/c1-6-2-3-7(13)4-8(6)17-11-9(12)10(14)15-5-16-11/h2-5H,1H3,(H3,14,15,16,17). The third kappa shape index (κ3) is 2.45. The van der Waals surface area contributed by atoms with Crippen LogP contribution in [0.15, 0.2) is 24.5 Å². The molecule has 0 saturated heterocycles. The number of hydrogen-bond acceptors (Lipinski definition) is 4. The van der Waals surface area contributed by atoms with Crippen LogP contribution in [0.5, 0.6) is 0 Å². The SMILES string of the molecule is Cc1ccc(F)cc1Nc1ncnc(N)c1Cl. The Bertz CT molecular complexity index is 559. The van der Waals surface area contributed by atoms with Gasteiger partial charge >= 0.3 is 0 Å². The molecule has 0 radical (unpaired) electrons. The Morgan fingerprint density at radius 1 is 1.35 bits per heavy atom. The predicted octanol–water partition coefficient (Wildman–Crippen LogP) is 2.90. The van der Waals surface area contributed by atoms with Crippen molar-refractivity contribution in [3.05, 3.63) is 40.9 Å². The van der Waals surface area contributed by atoms with Gasteiger partial charge in [-0.3, -0.25) is 0 Å². The topological polar surface area (TPSA) is 63.8 Å². The number of rotatable bonds is 2. The first-order valence-electron chi connectivity index (χ1n) is 4.87. The minimum atomic E-state index is -0.337. The van der Waals surface area contributed by atoms with Gasteiger partial charge in [0.15, 0.2) is 5.82 Å². The van der Waals surface area contributed by atoms with Crippen molar-refractivity contribution >= 4 is 28.9 Å². The summed E-state index contributed by atoms with van der Waals surface area (Å²) in [6, 6.07) is 4.41. The van der Waals surface area contributed by atoms with Crippen molar-refractivity contribution < 1.29 is 4.39 Å². The van der Waals surface area contributed by atoms with Crippen LogP contribution in [0.1, 0.15) is 5.56 Å². The molecule has 3 N–H and O–H groups in total. The number of nitrogen functional groups attached to an aromatic ring is 1. The van der Waals surface area contributed by atoms with E-state index in [2.05, 4.69) is 15.3 Å². The van der Waals surface area contributed by atoms with E-state index in [1.54, 1.807) is 6.07 Å². The maximum atomic E-state index is 13.1. The summed E-state index contributed by atoms with van der Waals surface area (Å²) < 4.78 is 13.1. The monoisotopic (exact) mass is 252 g/mol. The van der Waals surface area contributed by atoms with E-state index >= 15 is 0 Å². The Balaban J connectivity index is 2.38. The fourth-order valence-electron chi connectivity index (χ4n) is 1.33. The molecule has 17 heavy (non-hydrogen) atoms. The summed E-state index contributed by atoms with van der Waals surface area (Å²) in [6.45, 7) is 1.85. The van der Waals surface area contributed by atoms with Gasteiger partial charge in [-0.25, -0.2) is 14.4 Å². The van der Waals surface area contributed by atoms with Gasteiger partial charge in [0.25, 0.3) is 0 Å². The summed E-state index contributed by atoms with van der Waals surface area (Å²) in [7, 11) is 0. The molecule has 0 saturated carbocycles. The van der Waals surface area contributed by atoms with E-state index in [4.69, 9.17) is 17.3 Å². The first-order valence-corrected chi connectivity index (χ1v) is 5.25. The maximum Gasteiger partial charge on any atom is 0.154 e. The Morgan fingerprint density at radius 3 is 2.88 bits per heavy atom. The van der Waals surface area contributed by atoms with Crippen LogP contribution < -0.4 is 11.1 Å². The van der Waals surface area contributed by atoms with Gasteiger partial charge in [-0.2, -0.15) is 0 Å². The molecule has 0 unspecified atom stereocenters. The number of nitrogens with two attached hydrogens (primary N) is 1. The summed E-state index contributed by atoms with van der Waals surface area (Å²) in [4.78, 5) is 7.69. The van der Waals surface area contributed by atoms with Crippen LogP contribution in [0, 0.1) is 12.7 Å². The normalized spacial score (nSPS) is 10.3. The van der Waals surface area contributed by atoms with Crippen LogP contribution in [0.4, 0.5) is 21.7 Å². The lowest BCUT2D eigenvalue weighted by atomic mass is 10.2. The minimum Gasteiger partial charge on any atom is -0.382 e. The Kier molecular flexibility index (Phi) is 3.10. The number of nitrogens with one attached hydrogen (secondary N) is 1. The van der Waals surface area contributed by atoms with Gasteiger partial charge in [0.2, 0.25) is 0 Å². The van der Waals surface area contributed by atoms with Crippen LogP contribution in [-0.2, 0) is 0 Å². The molecular formula is C11H10ClFN4. The zero-order chi connectivity index (χ0) is 12.4. The van der Waals surface area contributed by atoms with Crippen LogP contribution >= 0.6 is 11.6 Å². The fourth-order valence-corrected chi connectivity index (χ4v) is 1.47. The van der Waals surface area contributed by atoms with Gasteiger partial charge in [-0.05, 0) is 24.6 Å². The van der Waals surface area contributed by atoms with Crippen molar-refractivity contribution in [2.24, 2.45) is 0 Å². The molecule has 0 bridgehead atoms.